The van der Waals surface area contributed by atoms with Gasteiger partial charge in [0, 0.05) is 36.0 Å². The first-order chi connectivity index (χ1) is 14.1. The fraction of sp³-hybridized carbons (Fsp3) is 0.0952. The number of rotatable bonds is 4. The van der Waals surface area contributed by atoms with E-state index < -0.39 is 5.97 Å². The number of carboxylic acid groups (broad SMARTS) is 1. The first kappa shape index (κ1) is 17.4. The minimum atomic E-state index is -1.07. The predicted octanol–water partition coefficient (Wildman–Crippen LogP) is 4.32. The highest BCUT2D eigenvalue weighted by molar-refractivity contribution is 7.13. The molecule has 0 saturated carbocycles. The average molecular weight is 404 g/mol. The molecule has 0 saturated heterocycles. The zero-order valence-corrected chi connectivity index (χ0v) is 16.5. The predicted molar refractivity (Wildman–Crippen MR) is 112 cm³/mol. The maximum atomic E-state index is 11.8. The van der Waals surface area contributed by atoms with Gasteiger partial charge in [-0.15, -0.1) is 11.3 Å². The van der Waals surface area contributed by atoms with Crippen molar-refractivity contribution >= 4 is 33.6 Å². The number of benzene rings is 1. The molecule has 1 aromatic carbocycles. The Labute approximate surface area is 169 Å². The van der Waals surface area contributed by atoms with Crippen molar-refractivity contribution in [2.75, 3.05) is 7.11 Å². The third-order valence-corrected chi connectivity index (χ3v) is 5.78. The lowest BCUT2D eigenvalue weighted by Crippen LogP contribution is -2.03. The lowest BCUT2D eigenvalue weighted by atomic mass is 10.0. The third-order valence-electron chi connectivity index (χ3n) is 4.90. The number of pyridine rings is 1. The second kappa shape index (κ2) is 6.46. The van der Waals surface area contributed by atoms with Gasteiger partial charge in [0.2, 0.25) is 5.82 Å². The van der Waals surface area contributed by atoms with E-state index in [2.05, 4.69) is 10.1 Å². The van der Waals surface area contributed by atoms with Crippen LogP contribution in [0.5, 0.6) is 5.75 Å². The molecule has 8 heteroatoms. The Hall–Kier alpha value is -3.65. The second-order valence-electron chi connectivity index (χ2n) is 6.64. The van der Waals surface area contributed by atoms with E-state index in [4.69, 9.17) is 4.74 Å². The highest BCUT2D eigenvalue weighted by Crippen LogP contribution is 2.39. The molecule has 4 heterocycles. The summed E-state index contributed by atoms with van der Waals surface area (Å²) in [5.41, 5.74) is 3.22. The fourth-order valence-corrected chi connectivity index (χ4v) is 4.33. The molecular formula is C21H16N4O3S. The van der Waals surface area contributed by atoms with E-state index in [1.165, 1.54) is 11.3 Å². The number of nitrogens with zero attached hydrogens (tertiary/aromatic N) is 4. The van der Waals surface area contributed by atoms with Crippen molar-refractivity contribution in [1.82, 2.24) is 19.2 Å². The van der Waals surface area contributed by atoms with Crippen molar-refractivity contribution in [1.29, 1.82) is 0 Å². The molecule has 0 aliphatic carbocycles. The second-order valence-corrected chi connectivity index (χ2v) is 7.59. The van der Waals surface area contributed by atoms with Crippen LogP contribution >= 0.6 is 11.3 Å². The Morgan fingerprint density at radius 1 is 1.28 bits per heavy atom. The van der Waals surface area contributed by atoms with E-state index in [-0.39, 0.29) is 5.82 Å². The van der Waals surface area contributed by atoms with Crippen LogP contribution in [0.3, 0.4) is 0 Å². The Morgan fingerprint density at radius 3 is 2.79 bits per heavy atom. The van der Waals surface area contributed by atoms with E-state index in [0.29, 0.717) is 5.69 Å². The number of aromatic carboxylic acids is 1. The van der Waals surface area contributed by atoms with Gasteiger partial charge < -0.3 is 9.84 Å². The van der Waals surface area contributed by atoms with Crippen molar-refractivity contribution in [2.24, 2.45) is 7.05 Å². The van der Waals surface area contributed by atoms with Crippen molar-refractivity contribution in [3.8, 4) is 27.4 Å². The number of aryl methyl sites for hydroxylation is 1. The van der Waals surface area contributed by atoms with Gasteiger partial charge in [-0.05, 0) is 35.0 Å². The SMILES string of the molecule is COc1cc2ccn3c(C(=O)O)nc(-c4cccs4)c3c2cc1-c1cnn(C)c1. The molecule has 5 aromatic rings. The molecular weight excluding hydrogens is 388 g/mol. The maximum Gasteiger partial charge on any atom is 0.372 e. The number of carboxylic acids is 1. The standard InChI is InChI=1S/C21H16N4O3S/c1-24-11-13(10-22-24)14-9-15-12(8-16(14)28-2)5-6-25-19(15)18(17-4-3-7-29-17)23-20(25)21(26)27/h3-11H,1-2H3,(H,26,27). The van der Waals surface area contributed by atoms with E-state index in [9.17, 15) is 9.90 Å². The van der Waals surface area contributed by atoms with Crippen molar-refractivity contribution in [2.45, 2.75) is 0 Å². The number of ether oxygens (including phenoxy) is 1. The zero-order valence-electron chi connectivity index (χ0n) is 15.7. The van der Waals surface area contributed by atoms with Crippen LogP contribution in [0.15, 0.2) is 54.3 Å². The molecule has 0 amide bonds. The molecule has 0 bridgehead atoms. The van der Waals surface area contributed by atoms with Crippen molar-refractivity contribution in [3.63, 3.8) is 0 Å². The summed E-state index contributed by atoms with van der Waals surface area (Å²) in [5.74, 6) is -0.349. The first-order valence-corrected chi connectivity index (χ1v) is 9.74. The molecule has 29 heavy (non-hydrogen) atoms. The molecule has 0 aliphatic heterocycles. The summed E-state index contributed by atoms with van der Waals surface area (Å²) in [7, 11) is 3.50. The smallest absolute Gasteiger partial charge is 0.372 e. The molecule has 0 atom stereocenters. The van der Waals surface area contributed by atoms with Crippen LogP contribution in [0.4, 0.5) is 0 Å². The molecule has 0 radical (unpaired) electrons. The number of thiophene rings is 1. The van der Waals surface area contributed by atoms with Gasteiger partial charge in [0.05, 0.1) is 23.7 Å². The normalized spacial score (nSPS) is 11.4. The molecule has 7 nitrogen and oxygen atoms in total. The van der Waals surface area contributed by atoms with E-state index in [1.807, 2.05) is 49.0 Å². The van der Waals surface area contributed by atoms with Crippen LogP contribution in [0, 0.1) is 0 Å². The Balaban J connectivity index is 1.91. The van der Waals surface area contributed by atoms with Crippen LogP contribution in [0.1, 0.15) is 10.6 Å². The lowest BCUT2D eigenvalue weighted by Gasteiger charge is -2.11. The highest BCUT2D eigenvalue weighted by Gasteiger charge is 2.21. The van der Waals surface area contributed by atoms with Gasteiger partial charge in [-0.1, -0.05) is 6.07 Å². The Bertz CT molecular complexity index is 1380. The quantitative estimate of drug-likeness (QED) is 0.482. The molecule has 0 fully saturated rings. The summed E-state index contributed by atoms with van der Waals surface area (Å²) in [6.45, 7) is 0. The zero-order chi connectivity index (χ0) is 20.1. The van der Waals surface area contributed by atoms with Gasteiger partial charge in [-0.2, -0.15) is 5.10 Å². The van der Waals surface area contributed by atoms with Crippen LogP contribution in [-0.4, -0.2) is 37.4 Å². The summed E-state index contributed by atoms with van der Waals surface area (Å²) in [5, 5.41) is 17.7. The van der Waals surface area contributed by atoms with Gasteiger partial charge in [0.1, 0.15) is 11.4 Å². The van der Waals surface area contributed by atoms with Crippen molar-refractivity contribution < 1.29 is 14.6 Å². The molecule has 144 valence electrons. The summed E-state index contributed by atoms with van der Waals surface area (Å²) in [6.07, 6.45) is 5.44. The molecule has 0 unspecified atom stereocenters. The minimum absolute atomic E-state index is 0.0101. The summed E-state index contributed by atoms with van der Waals surface area (Å²) < 4.78 is 9.00. The van der Waals surface area contributed by atoms with Gasteiger partial charge in [-0.3, -0.25) is 9.08 Å². The number of imidazole rings is 1. The number of hydrogen-bond acceptors (Lipinski definition) is 5. The minimum Gasteiger partial charge on any atom is -0.496 e. The van der Waals surface area contributed by atoms with Crippen LogP contribution < -0.4 is 4.74 Å². The number of fused-ring (bicyclic) bond motifs is 3. The fourth-order valence-electron chi connectivity index (χ4n) is 3.62. The van der Waals surface area contributed by atoms with Gasteiger partial charge in [0.15, 0.2) is 0 Å². The number of methoxy groups -OCH3 is 1. The summed E-state index contributed by atoms with van der Waals surface area (Å²) in [4.78, 5) is 17.2. The van der Waals surface area contributed by atoms with Gasteiger partial charge >= 0.3 is 5.97 Å². The maximum absolute atomic E-state index is 11.8. The number of aromatic nitrogens is 4. The van der Waals surface area contributed by atoms with Gasteiger partial charge in [-0.25, -0.2) is 9.78 Å². The number of hydrogen-bond donors (Lipinski definition) is 1. The highest BCUT2D eigenvalue weighted by atomic mass is 32.1. The molecule has 4 aromatic heterocycles. The van der Waals surface area contributed by atoms with Crippen molar-refractivity contribution in [3.05, 3.63) is 60.1 Å². The molecule has 0 aliphatic rings. The van der Waals surface area contributed by atoms with E-state index in [1.54, 1.807) is 28.6 Å². The Kier molecular flexibility index (Phi) is 3.88. The summed E-state index contributed by atoms with van der Waals surface area (Å²) >= 11 is 1.53. The van der Waals surface area contributed by atoms with Crippen LogP contribution in [0.25, 0.3) is 38.0 Å². The van der Waals surface area contributed by atoms with Crippen LogP contribution in [-0.2, 0) is 7.05 Å². The number of carbonyl (C=O) groups is 1. The first-order valence-electron chi connectivity index (χ1n) is 8.86. The molecule has 5 rings (SSSR count). The third kappa shape index (κ3) is 2.68. The monoisotopic (exact) mass is 404 g/mol. The largest absolute Gasteiger partial charge is 0.496 e. The summed E-state index contributed by atoms with van der Waals surface area (Å²) in [6, 6.07) is 9.74. The van der Waals surface area contributed by atoms with Crippen LogP contribution in [0.2, 0.25) is 0 Å². The van der Waals surface area contributed by atoms with Gasteiger partial charge in [0.25, 0.3) is 0 Å². The topological polar surface area (TPSA) is 81.7 Å². The lowest BCUT2D eigenvalue weighted by molar-refractivity contribution is 0.0683. The molecule has 1 N–H and O–H groups in total. The average Bonchev–Trinajstić information content (AvgIpc) is 3.45. The Morgan fingerprint density at radius 2 is 2.14 bits per heavy atom. The van der Waals surface area contributed by atoms with E-state index in [0.717, 1.165) is 38.0 Å². The van der Waals surface area contributed by atoms with E-state index >= 15 is 0 Å². The molecule has 0 spiro atoms.